The van der Waals surface area contributed by atoms with E-state index in [1.54, 1.807) is 25.3 Å². The van der Waals surface area contributed by atoms with Crippen LogP contribution in [0.2, 0.25) is 10.0 Å². The molecular formula is C17H17Cl2N3O2. The highest BCUT2D eigenvalue weighted by molar-refractivity contribution is 6.42. The van der Waals surface area contributed by atoms with E-state index in [0.717, 1.165) is 18.8 Å². The topological polar surface area (TPSA) is 53.6 Å². The molecule has 0 spiro atoms. The van der Waals surface area contributed by atoms with Crippen LogP contribution in [-0.2, 0) is 4.74 Å². The maximum Gasteiger partial charge on any atom is 0.323 e. The first-order valence-electron chi connectivity index (χ1n) is 7.46. The largest absolute Gasteiger partial charge is 0.378 e. The summed E-state index contributed by atoms with van der Waals surface area (Å²) in [5.74, 6) is 0. The third-order valence-electron chi connectivity index (χ3n) is 3.85. The van der Waals surface area contributed by atoms with Crippen molar-refractivity contribution in [1.82, 2.24) is 0 Å². The lowest BCUT2D eigenvalue weighted by Gasteiger charge is -2.40. The Balaban J connectivity index is 1.55. The fourth-order valence-corrected chi connectivity index (χ4v) is 2.72. The van der Waals surface area contributed by atoms with Gasteiger partial charge in [-0.2, -0.15) is 0 Å². The summed E-state index contributed by atoms with van der Waals surface area (Å²) in [5, 5.41) is 6.32. The molecule has 0 atom stereocenters. The Kier molecular flexibility index (Phi) is 5.14. The molecule has 1 aliphatic rings. The molecule has 1 fully saturated rings. The number of hydrogen-bond acceptors (Lipinski definition) is 3. The second-order valence-corrected chi connectivity index (χ2v) is 6.33. The monoisotopic (exact) mass is 365 g/mol. The predicted molar refractivity (Wildman–Crippen MR) is 98.6 cm³/mol. The number of ether oxygens (including phenoxy) is 1. The van der Waals surface area contributed by atoms with E-state index in [9.17, 15) is 4.79 Å². The Hall–Kier alpha value is -1.95. The van der Waals surface area contributed by atoms with Crippen LogP contribution < -0.4 is 15.5 Å². The maximum atomic E-state index is 12.0. The molecule has 1 saturated heterocycles. The zero-order chi connectivity index (χ0) is 17.1. The molecule has 0 bridgehead atoms. The highest BCUT2D eigenvalue weighted by Gasteiger charge is 2.26. The van der Waals surface area contributed by atoms with Crippen molar-refractivity contribution in [2.75, 3.05) is 35.7 Å². The second-order valence-electron chi connectivity index (χ2n) is 5.52. The van der Waals surface area contributed by atoms with Gasteiger partial charge in [-0.15, -0.1) is 0 Å². The third kappa shape index (κ3) is 3.93. The van der Waals surface area contributed by atoms with E-state index in [-0.39, 0.29) is 6.03 Å². The molecule has 126 valence electrons. The molecule has 2 N–H and O–H groups in total. The van der Waals surface area contributed by atoms with Crippen molar-refractivity contribution < 1.29 is 9.53 Å². The molecule has 0 aliphatic carbocycles. The minimum Gasteiger partial charge on any atom is -0.378 e. The van der Waals surface area contributed by atoms with Gasteiger partial charge in [0.15, 0.2) is 0 Å². The Labute approximate surface area is 150 Å². The smallest absolute Gasteiger partial charge is 0.323 e. The van der Waals surface area contributed by atoms with Crippen molar-refractivity contribution in [1.29, 1.82) is 0 Å². The quantitative estimate of drug-likeness (QED) is 0.839. The summed E-state index contributed by atoms with van der Waals surface area (Å²) in [6.07, 6.45) is 0.305. The third-order valence-corrected chi connectivity index (χ3v) is 4.59. The van der Waals surface area contributed by atoms with Gasteiger partial charge < -0.3 is 20.3 Å². The predicted octanol–water partition coefficient (Wildman–Crippen LogP) is 4.47. The van der Waals surface area contributed by atoms with Crippen molar-refractivity contribution >= 4 is 46.3 Å². The first-order valence-corrected chi connectivity index (χ1v) is 8.21. The zero-order valence-corrected chi connectivity index (χ0v) is 14.6. The molecule has 2 aromatic carbocycles. The Morgan fingerprint density at radius 2 is 1.67 bits per heavy atom. The molecule has 2 aromatic rings. The van der Waals surface area contributed by atoms with E-state index in [1.165, 1.54) is 0 Å². The van der Waals surface area contributed by atoms with E-state index < -0.39 is 0 Å². The molecule has 5 nitrogen and oxygen atoms in total. The van der Waals surface area contributed by atoms with E-state index in [1.807, 2.05) is 24.3 Å². The molecule has 24 heavy (non-hydrogen) atoms. The number of rotatable bonds is 4. The van der Waals surface area contributed by atoms with Gasteiger partial charge in [0.1, 0.15) is 0 Å². The van der Waals surface area contributed by atoms with Crippen molar-refractivity contribution in [3.8, 4) is 0 Å². The summed E-state index contributed by atoms with van der Waals surface area (Å²) in [7, 11) is 1.72. The van der Waals surface area contributed by atoms with E-state index in [0.29, 0.717) is 27.5 Å². The van der Waals surface area contributed by atoms with Gasteiger partial charge in [0.2, 0.25) is 0 Å². The van der Waals surface area contributed by atoms with Gasteiger partial charge in [-0.1, -0.05) is 23.2 Å². The van der Waals surface area contributed by atoms with Crippen LogP contribution in [0.25, 0.3) is 0 Å². The number of carbonyl (C=O) groups is 1. The number of halogens is 2. The summed E-state index contributed by atoms with van der Waals surface area (Å²) in [4.78, 5) is 14.2. The van der Waals surface area contributed by atoms with Crippen molar-refractivity contribution in [3.63, 3.8) is 0 Å². The zero-order valence-electron chi connectivity index (χ0n) is 13.1. The van der Waals surface area contributed by atoms with E-state index in [4.69, 9.17) is 27.9 Å². The normalized spacial score (nSPS) is 14.2. The number of nitrogens with zero attached hydrogens (tertiary/aromatic N) is 1. The maximum absolute atomic E-state index is 12.0. The van der Waals surface area contributed by atoms with Crippen LogP contribution in [0.1, 0.15) is 0 Å². The lowest BCUT2D eigenvalue weighted by Crippen LogP contribution is -2.51. The van der Waals surface area contributed by atoms with Gasteiger partial charge in [0, 0.05) is 37.3 Å². The molecule has 0 radical (unpaired) electrons. The van der Waals surface area contributed by atoms with Crippen LogP contribution in [0, 0.1) is 0 Å². The fourth-order valence-electron chi connectivity index (χ4n) is 2.42. The van der Waals surface area contributed by atoms with E-state index >= 15 is 0 Å². The molecule has 0 saturated carbocycles. The summed E-state index contributed by atoms with van der Waals surface area (Å²) >= 11 is 11.8. The number of amides is 2. The van der Waals surface area contributed by atoms with Gasteiger partial charge in [0.05, 0.1) is 16.1 Å². The second kappa shape index (κ2) is 7.30. The number of benzene rings is 2. The van der Waals surface area contributed by atoms with Crippen molar-refractivity contribution in [2.24, 2.45) is 0 Å². The van der Waals surface area contributed by atoms with Crippen LogP contribution in [0.5, 0.6) is 0 Å². The summed E-state index contributed by atoms with van der Waals surface area (Å²) in [6, 6.07) is 12.3. The molecule has 7 heteroatoms. The van der Waals surface area contributed by atoms with Gasteiger partial charge in [-0.05, 0) is 42.5 Å². The number of carbonyl (C=O) groups excluding carboxylic acids is 1. The first-order chi connectivity index (χ1) is 11.5. The standard InChI is InChI=1S/C17H17Cl2N3O2/c1-24-14-9-22(10-14)13-5-2-11(3-6-13)20-17(23)21-12-4-7-15(18)16(19)8-12/h2-8,14H,9-10H2,1H3,(H2,20,21,23). The lowest BCUT2D eigenvalue weighted by atomic mass is 10.1. The Bertz CT molecular complexity index is 731. The van der Waals surface area contributed by atoms with Crippen LogP contribution in [0.4, 0.5) is 21.9 Å². The molecule has 2 amide bonds. The first kappa shape index (κ1) is 16.9. The number of nitrogens with one attached hydrogen (secondary N) is 2. The highest BCUT2D eigenvalue weighted by atomic mass is 35.5. The minimum absolute atomic E-state index is 0.305. The van der Waals surface area contributed by atoms with E-state index in [2.05, 4.69) is 15.5 Å². The fraction of sp³-hybridized carbons (Fsp3) is 0.235. The molecule has 1 heterocycles. The molecular weight excluding hydrogens is 349 g/mol. The number of urea groups is 1. The van der Waals surface area contributed by atoms with Crippen molar-refractivity contribution in [2.45, 2.75) is 6.10 Å². The summed E-state index contributed by atoms with van der Waals surface area (Å²) in [5.41, 5.74) is 2.39. The number of methoxy groups -OCH3 is 1. The molecule has 0 unspecified atom stereocenters. The SMILES string of the molecule is COC1CN(c2ccc(NC(=O)Nc3ccc(Cl)c(Cl)c3)cc2)C1. The van der Waals surface area contributed by atoms with Gasteiger partial charge in [0.25, 0.3) is 0 Å². The molecule has 1 aliphatic heterocycles. The molecule has 3 rings (SSSR count). The highest BCUT2D eigenvalue weighted by Crippen LogP contribution is 2.26. The average molecular weight is 366 g/mol. The Morgan fingerprint density at radius 1 is 1.04 bits per heavy atom. The van der Waals surface area contributed by atoms with Gasteiger partial charge >= 0.3 is 6.03 Å². The summed E-state index contributed by atoms with van der Waals surface area (Å²) in [6.45, 7) is 1.78. The molecule has 0 aromatic heterocycles. The number of hydrogen-bond donors (Lipinski definition) is 2. The van der Waals surface area contributed by atoms with Crippen molar-refractivity contribution in [3.05, 3.63) is 52.5 Å². The van der Waals surface area contributed by atoms with Crippen LogP contribution in [0.15, 0.2) is 42.5 Å². The van der Waals surface area contributed by atoms with Crippen LogP contribution in [0.3, 0.4) is 0 Å². The van der Waals surface area contributed by atoms with Crippen LogP contribution >= 0.6 is 23.2 Å². The average Bonchev–Trinajstić information content (AvgIpc) is 2.51. The van der Waals surface area contributed by atoms with Gasteiger partial charge in [-0.25, -0.2) is 4.79 Å². The van der Waals surface area contributed by atoms with Gasteiger partial charge in [-0.3, -0.25) is 0 Å². The summed E-state index contributed by atoms with van der Waals surface area (Å²) < 4.78 is 5.26. The Morgan fingerprint density at radius 3 is 2.29 bits per heavy atom. The lowest BCUT2D eigenvalue weighted by molar-refractivity contribution is 0.0788. The minimum atomic E-state index is -0.343. The van der Waals surface area contributed by atoms with Crippen LogP contribution in [-0.4, -0.2) is 32.3 Å². The number of anilines is 3.